The molecule has 1 aliphatic carbocycles. The van der Waals surface area contributed by atoms with Gasteiger partial charge in [0.25, 0.3) is 0 Å². The molecule has 0 saturated heterocycles. The average molecular weight is 289 g/mol. The average Bonchev–Trinajstić information content (AvgIpc) is 2.41. The Balaban J connectivity index is 1.94. The first-order valence-corrected chi connectivity index (χ1v) is 7.17. The van der Waals surface area contributed by atoms with Crippen molar-refractivity contribution >= 4 is 34.5 Å². The molecule has 0 spiro atoms. The number of ketones is 1. The van der Waals surface area contributed by atoms with Crippen LogP contribution in [0.5, 0.6) is 0 Å². The molecule has 1 fully saturated rings. The summed E-state index contributed by atoms with van der Waals surface area (Å²) in [4.78, 5) is 11.3. The first-order chi connectivity index (χ1) is 9.54. The van der Waals surface area contributed by atoms with E-state index in [1.165, 1.54) is 5.56 Å². The summed E-state index contributed by atoms with van der Waals surface area (Å²) < 4.78 is 0. The SMILES string of the molecule is Cc1ccc(C)c(NC(=S)N/N=C2/CCCC(=O)C2)c1. The molecule has 20 heavy (non-hydrogen) atoms. The lowest BCUT2D eigenvalue weighted by Gasteiger charge is -2.14. The zero-order valence-electron chi connectivity index (χ0n) is 11.8. The van der Waals surface area contributed by atoms with Crippen LogP contribution >= 0.6 is 12.2 Å². The monoisotopic (exact) mass is 289 g/mol. The Labute approximate surface area is 124 Å². The number of thiocarbonyl (C=S) groups is 1. The minimum atomic E-state index is 0.255. The van der Waals surface area contributed by atoms with Crippen LogP contribution in [0.1, 0.15) is 36.8 Å². The van der Waals surface area contributed by atoms with Crippen LogP contribution in [0.15, 0.2) is 23.3 Å². The Kier molecular flexibility index (Phi) is 4.84. The van der Waals surface area contributed by atoms with Gasteiger partial charge in [0, 0.05) is 24.2 Å². The van der Waals surface area contributed by atoms with Crippen molar-refractivity contribution in [3.8, 4) is 0 Å². The number of hydrogen-bond donors (Lipinski definition) is 2. The highest BCUT2D eigenvalue weighted by Crippen LogP contribution is 2.16. The molecule has 1 aromatic rings. The first kappa shape index (κ1) is 14.7. The van der Waals surface area contributed by atoms with Crippen LogP contribution in [0.4, 0.5) is 5.69 Å². The van der Waals surface area contributed by atoms with E-state index < -0.39 is 0 Å². The van der Waals surface area contributed by atoms with Gasteiger partial charge in [0.1, 0.15) is 5.78 Å². The van der Waals surface area contributed by atoms with Crippen molar-refractivity contribution in [1.82, 2.24) is 5.43 Å². The van der Waals surface area contributed by atoms with E-state index in [-0.39, 0.29) is 5.78 Å². The van der Waals surface area contributed by atoms with Gasteiger partial charge < -0.3 is 5.32 Å². The molecule has 1 saturated carbocycles. The third-order valence-corrected chi connectivity index (χ3v) is 3.47. The van der Waals surface area contributed by atoms with Crippen molar-refractivity contribution in [2.45, 2.75) is 39.5 Å². The fourth-order valence-electron chi connectivity index (χ4n) is 2.14. The number of nitrogens with zero attached hydrogens (tertiary/aromatic N) is 1. The fraction of sp³-hybridized carbons (Fsp3) is 0.400. The Hall–Kier alpha value is -1.75. The van der Waals surface area contributed by atoms with Crippen molar-refractivity contribution in [2.24, 2.45) is 5.10 Å². The lowest BCUT2D eigenvalue weighted by molar-refractivity contribution is -0.118. The van der Waals surface area contributed by atoms with Gasteiger partial charge in [-0.25, -0.2) is 0 Å². The largest absolute Gasteiger partial charge is 0.331 e. The highest BCUT2D eigenvalue weighted by Gasteiger charge is 2.14. The maximum atomic E-state index is 11.3. The van der Waals surface area contributed by atoms with Gasteiger partial charge in [0.2, 0.25) is 0 Å². The van der Waals surface area contributed by atoms with Crippen molar-refractivity contribution in [3.05, 3.63) is 29.3 Å². The molecule has 1 aromatic carbocycles. The first-order valence-electron chi connectivity index (χ1n) is 6.76. The lowest BCUT2D eigenvalue weighted by atomic mass is 9.97. The quantitative estimate of drug-likeness (QED) is 0.649. The molecule has 0 atom stereocenters. The Bertz CT molecular complexity index is 566. The molecule has 2 N–H and O–H groups in total. The van der Waals surface area contributed by atoms with E-state index in [0.29, 0.717) is 18.0 Å². The van der Waals surface area contributed by atoms with E-state index in [4.69, 9.17) is 12.2 Å². The van der Waals surface area contributed by atoms with Crippen LogP contribution in [-0.2, 0) is 4.79 Å². The molecule has 1 aliphatic rings. The van der Waals surface area contributed by atoms with Crippen molar-refractivity contribution in [2.75, 3.05) is 5.32 Å². The number of nitrogens with one attached hydrogen (secondary N) is 2. The number of carbonyl (C=O) groups is 1. The van der Waals surface area contributed by atoms with E-state index in [9.17, 15) is 4.79 Å². The van der Waals surface area contributed by atoms with Gasteiger partial charge in [-0.1, -0.05) is 12.1 Å². The minimum Gasteiger partial charge on any atom is -0.331 e. The van der Waals surface area contributed by atoms with Gasteiger partial charge >= 0.3 is 0 Å². The molecule has 0 aromatic heterocycles. The molecule has 0 unspecified atom stereocenters. The molecule has 5 heteroatoms. The number of rotatable bonds is 2. The van der Waals surface area contributed by atoms with Gasteiger partial charge in [0.05, 0.1) is 0 Å². The standard InChI is InChI=1S/C15H19N3OS/c1-10-6-7-11(2)14(8-10)16-15(20)18-17-12-4-3-5-13(19)9-12/h6-8H,3-5,9H2,1-2H3,(H2,16,18,20)/b17-12-. The molecule has 106 valence electrons. The second kappa shape index (κ2) is 6.61. The lowest BCUT2D eigenvalue weighted by Crippen LogP contribution is -2.27. The van der Waals surface area contributed by atoms with Crippen LogP contribution in [-0.4, -0.2) is 16.6 Å². The smallest absolute Gasteiger partial charge is 0.191 e. The van der Waals surface area contributed by atoms with E-state index in [1.54, 1.807) is 0 Å². The summed E-state index contributed by atoms with van der Waals surface area (Å²) in [6.45, 7) is 4.06. The van der Waals surface area contributed by atoms with Crippen LogP contribution in [0.25, 0.3) is 0 Å². The van der Waals surface area contributed by atoms with E-state index in [0.717, 1.165) is 29.8 Å². The number of hydrogen-bond acceptors (Lipinski definition) is 3. The van der Waals surface area contributed by atoms with Gasteiger partial charge in [-0.3, -0.25) is 10.2 Å². The Morgan fingerprint density at radius 1 is 1.30 bits per heavy atom. The number of benzene rings is 1. The Morgan fingerprint density at radius 2 is 2.10 bits per heavy atom. The molecule has 0 aliphatic heterocycles. The second-order valence-corrected chi connectivity index (χ2v) is 5.54. The molecule has 0 bridgehead atoms. The van der Waals surface area contributed by atoms with Gasteiger partial charge in [-0.05, 0) is 56.1 Å². The maximum absolute atomic E-state index is 11.3. The van der Waals surface area contributed by atoms with Crippen LogP contribution < -0.4 is 10.7 Å². The highest BCUT2D eigenvalue weighted by molar-refractivity contribution is 7.80. The van der Waals surface area contributed by atoms with Crippen molar-refractivity contribution in [1.29, 1.82) is 0 Å². The summed E-state index contributed by atoms with van der Waals surface area (Å²) in [5.41, 5.74) is 6.98. The van der Waals surface area contributed by atoms with E-state index in [1.807, 2.05) is 26.0 Å². The van der Waals surface area contributed by atoms with Crippen LogP contribution in [0.2, 0.25) is 0 Å². The number of anilines is 1. The number of hydrazone groups is 1. The summed E-state index contributed by atoms with van der Waals surface area (Å²) >= 11 is 5.22. The zero-order valence-corrected chi connectivity index (χ0v) is 12.6. The highest BCUT2D eigenvalue weighted by atomic mass is 32.1. The number of aryl methyl sites for hydroxylation is 2. The number of carbonyl (C=O) groups excluding carboxylic acids is 1. The molecule has 2 rings (SSSR count). The Morgan fingerprint density at radius 3 is 2.85 bits per heavy atom. The molecule has 0 amide bonds. The molecular weight excluding hydrogens is 270 g/mol. The molecule has 0 radical (unpaired) electrons. The van der Waals surface area contributed by atoms with Gasteiger partial charge in [0.15, 0.2) is 5.11 Å². The number of Topliss-reactive ketones (excluding diaryl/α,β-unsaturated/α-hetero) is 1. The summed E-state index contributed by atoms with van der Waals surface area (Å²) in [7, 11) is 0. The fourth-order valence-corrected chi connectivity index (χ4v) is 2.30. The predicted molar refractivity (Wildman–Crippen MR) is 86.2 cm³/mol. The molecular formula is C15H19N3OS. The third-order valence-electron chi connectivity index (χ3n) is 3.28. The van der Waals surface area contributed by atoms with Crippen molar-refractivity contribution < 1.29 is 4.79 Å². The van der Waals surface area contributed by atoms with Gasteiger partial charge in [-0.15, -0.1) is 0 Å². The summed E-state index contributed by atoms with van der Waals surface area (Å²) in [5.74, 6) is 0.255. The minimum absolute atomic E-state index is 0.255. The third kappa shape index (κ3) is 4.13. The normalized spacial score (nSPS) is 17.1. The maximum Gasteiger partial charge on any atom is 0.191 e. The predicted octanol–water partition coefficient (Wildman–Crippen LogP) is 3.09. The van der Waals surface area contributed by atoms with Crippen LogP contribution in [0, 0.1) is 13.8 Å². The van der Waals surface area contributed by atoms with Crippen molar-refractivity contribution in [3.63, 3.8) is 0 Å². The van der Waals surface area contributed by atoms with Gasteiger partial charge in [-0.2, -0.15) is 5.10 Å². The zero-order chi connectivity index (χ0) is 14.5. The molecule has 4 nitrogen and oxygen atoms in total. The summed E-state index contributed by atoms with van der Waals surface area (Å²) in [6, 6.07) is 6.15. The van der Waals surface area contributed by atoms with E-state index in [2.05, 4.69) is 21.9 Å². The molecule has 0 heterocycles. The topological polar surface area (TPSA) is 53.5 Å². The van der Waals surface area contributed by atoms with E-state index >= 15 is 0 Å². The summed E-state index contributed by atoms with van der Waals surface area (Å²) in [5, 5.41) is 7.80. The second-order valence-electron chi connectivity index (χ2n) is 5.13. The summed E-state index contributed by atoms with van der Waals surface area (Å²) in [6.07, 6.45) is 2.87. The van der Waals surface area contributed by atoms with Crippen LogP contribution in [0.3, 0.4) is 0 Å².